The highest BCUT2D eigenvalue weighted by Crippen LogP contribution is 2.37. The Morgan fingerprint density at radius 2 is 1.33 bits per heavy atom. The molecule has 0 aliphatic carbocycles. The minimum atomic E-state index is -1.30. The van der Waals surface area contributed by atoms with Gasteiger partial charge >= 0.3 is 0 Å². The molecule has 0 atom stereocenters. The zero-order valence-corrected chi connectivity index (χ0v) is 11.6. The predicted octanol–water partition coefficient (Wildman–Crippen LogP) is 4.47. The lowest BCUT2D eigenvalue weighted by molar-refractivity contribution is 0.571. The first kappa shape index (κ1) is 15.0. The van der Waals surface area contributed by atoms with Crippen molar-refractivity contribution >= 4 is 12.5 Å². The third-order valence-electron chi connectivity index (χ3n) is 2.82. The fraction of sp³-hybridized carbons (Fsp3) is 0.923. The van der Waals surface area contributed by atoms with Gasteiger partial charge in [0, 0.05) is 0 Å². The lowest BCUT2D eigenvalue weighted by atomic mass is 10.1. The molecule has 0 unspecified atom stereocenters. The summed E-state index contributed by atoms with van der Waals surface area (Å²) in [5, 5.41) is 0. The first-order chi connectivity index (χ1) is 7.12. The van der Waals surface area contributed by atoms with Crippen molar-refractivity contribution in [1.82, 2.24) is 0 Å². The summed E-state index contributed by atoms with van der Waals surface area (Å²) in [5.74, 6) is 0. The highest BCUT2D eigenvalue weighted by atomic mass is 31.2. The Hall–Kier alpha value is 0.01000. The van der Waals surface area contributed by atoms with Gasteiger partial charge in [-0.15, -0.1) is 0 Å². The van der Waals surface area contributed by atoms with E-state index in [1.54, 1.807) is 0 Å². The topological polar surface area (TPSA) is 17.1 Å². The third-order valence-corrected chi connectivity index (χ3v) is 4.75. The maximum absolute atomic E-state index is 10.6. The molecule has 0 aromatic heterocycles. The van der Waals surface area contributed by atoms with E-state index in [-0.39, 0.29) is 0 Å². The third kappa shape index (κ3) is 10.3. The van der Waals surface area contributed by atoms with E-state index in [1.807, 2.05) is 0 Å². The molecule has 0 aliphatic heterocycles. The van der Waals surface area contributed by atoms with Gasteiger partial charge in [-0.1, -0.05) is 51.9 Å². The van der Waals surface area contributed by atoms with Crippen LogP contribution in [-0.2, 0) is 4.79 Å². The zero-order chi connectivity index (χ0) is 11.6. The second-order valence-electron chi connectivity index (χ2n) is 4.97. The average Bonchev–Trinajstić information content (AvgIpc) is 2.22. The Morgan fingerprint density at radius 3 is 1.80 bits per heavy atom. The van der Waals surface area contributed by atoms with Crippen molar-refractivity contribution < 1.29 is 4.79 Å². The summed E-state index contributed by atoms with van der Waals surface area (Å²) in [6.45, 7) is 5.13. The standard InChI is InChI=1S/C13H27OP/c1-4-5-6-7-8-9-10-11-12-15(2,3)13-14/h4-12H2,1-3H3. The van der Waals surface area contributed by atoms with Crippen molar-refractivity contribution in [2.45, 2.75) is 58.3 Å². The molecular weight excluding hydrogens is 203 g/mol. The van der Waals surface area contributed by atoms with Crippen LogP contribution < -0.4 is 0 Å². The van der Waals surface area contributed by atoms with Crippen molar-refractivity contribution in [1.29, 1.82) is 0 Å². The molecule has 1 nitrogen and oxygen atoms in total. The molecule has 2 heteroatoms. The van der Waals surface area contributed by atoms with Crippen LogP contribution in [0.4, 0.5) is 0 Å². The first-order valence-electron chi connectivity index (χ1n) is 6.35. The molecule has 0 radical (unpaired) electrons. The van der Waals surface area contributed by atoms with E-state index in [4.69, 9.17) is 0 Å². The van der Waals surface area contributed by atoms with Gasteiger partial charge in [-0.3, -0.25) is 0 Å². The van der Waals surface area contributed by atoms with E-state index < -0.39 is 6.89 Å². The molecule has 0 N–H and O–H groups in total. The Labute approximate surface area is 95.6 Å². The van der Waals surface area contributed by atoms with E-state index >= 15 is 0 Å². The maximum Gasteiger partial charge on any atom is 0.114 e. The molecule has 0 spiro atoms. The van der Waals surface area contributed by atoms with Crippen molar-refractivity contribution in [3.63, 3.8) is 0 Å². The quantitative estimate of drug-likeness (QED) is 0.422. The molecule has 0 aliphatic rings. The van der Waals surface area contributed by atoms with Gasteiger partial charge in [-0.05, 0) is 32.8 Å². The van der Waals surface area contributed by atoms with Crippen LogP contribution in [0.25, 0.3) is 0 Å². The van der Waals surface area contributed by atoms with E-state index in [0.29, 0.717) is 0 Å². The second kappa shape index (κ2) is 9.25. The van der Waals surface area contributed by atoms with Crippen molar-refractivity contribution in [3.05, 3.63) is 0 Å². The summed E-state index contributed by atoms with van der Waals surface area (Å²) in [5.41, 5.74) is 2.22. The average molecular weight is 230 g/mol. The largest absolute Gasteiger partial charge is 0.234 e. The summed E-state index contributed by atoms with van der Waals surface area (Å²) >= 11 is 0. The highest BCUT2D eigenvalue weighted by molar-refractivity contribution is 7.72. The predicted molar refractivity (Wildman–Crippen MR) is 71.9 cm³/mol. The molecule has 90 valence electrons. The van der Waals surface area contributed by atoms with Crippen LogP contribution in [0.2, 0.25) is 0 Å². The maximum atomic E-state index is 10.6. The van der Waals surface area contributed by atoms with E-state index in [9.17, 15) is 4.79 Å². The number of hydrogen-bond acceptors (Lipinski definition) is 1. The molecule has 0 aromatic rings. The van der Waals surface area contributed by atoms with Gasteiger partial charge in [-0.2, -0.15) is 0 Å². The van der Waals surface area contributed by atoms with E-state index in [0.717, 1.165) is 6.16 Å². The molecule has 0 aromatic carbocycles. The van der Waals surface area contributed by atoms with E-state index in [2.05, 4.69) is 25.9 Å². The smallest absolute Gasteiger partial charge is 0.114 e. The molecule has 0 heterocycles. The molecule has 15 heavy (non-hydrogen) atoms. The molecule has 0 fully saturated rings. The lowest BCUT2D eigenvalue weighted by Gasteiger charge is -2.08. The molecule has 0 amide bonds. The van der Waals surface area contributed by atoms with E-state index in [1.165, 1.54) is 51.4 Å². The van der Waals surface area contributed by atoms with Gasteiger partial charge in [0.2, 0.25) is 0 Å². The van der Waals surface area contributed by atoms with Crippen molar-refractivity contribution in [3.8, 4) is 0 Å². The van der Waals surface area contributed by atoms with Crippen molar-refractivity contribution in [2.75, 3.05) is 19.5 Å². The van der Waals surface area contributed by atoms with Crippen LogP contribution >= 0.6 is 6.89 Å². The van der Waals surface area contributed by atoms with Gasteiger partial charge in [0.05, 0.1) is 0 Å². The van der Waals surface area contributed by atoms with Crippen molar-refractivity contribution in [2.24, 2.45) is 0 Å². The van der Waals surface area contributed by atoms with Crippen LogP contribution in [0.3, 0.4) is 0 Å². The molecular formula is C13H27OP. The molecule has 0 bridgehead atoms. The van der Waals surface area contributed by atoms with Crippen LogP contribution in [0.5, 0.6) is 0 Å². The normalized spacial score (nSPS) is 11.4. The zero-order valence-electron chi connectivity index (χ0n) is 10.7. The van der Waals surface area contributed by atoms with Crippen LogP contribution in [0.15, 0.2) is 0 Å². The van der Waals surface area contributed by atoms with Gasteiger partial charge in [0.1, 0.15) is 5.66 Å². The monoisotopic (exact) mass is 230 g/mol. The Morgan fingerprint density at radius 1 is 0.867 bits per heavy atom. The van der Waals surface area contributed by atoms with Gasteiger partial charge in [-0.25, -0.2) is 4.79 Å². The van der Waals surface area contributed by atoms with Gasteiger partial charge in [0.15, 0.2) is 0 Å². The summed E-state index contributed by atoms with van der Waals surface area (Å²) in [7, 11) is 0. The fourth-order valence-corrected chi connectivity index (χ4v) is 2.79. The molecule has 0 saturated heterocycles. The van der Waals surface area contributed by atoms with Gasteiger partial charge in [0.25, 0.3) is 0 Å². The summed E-state index contributed by atoms with van der Waals surface area (Å²) in [6.07, 6.45) is 11.9. The van der Waals surface area contributed by atoms with Crippen LogP contribution in [-0.4, -0.2) is 25.2 Å². The highest BCUT2D eigenvalue weighted by Gasteiger charge is 2.03. The first-order valence-corrected chi connectivity index (χ1v) is 9.21. The molecule has 0 rings (SSSR count). The second-order valence-corrected chi connectivity index (χ2v) is 8.97. The number of hydrogen-bond donors (Lipinski definition) is 0. The van der Waals surface area contributed by atoms with Crippen LogP contribution in [0.1, 0.15) is 58.3 Å². The number of carbonyl (C=O) groups excluding carboxylic acids is 1. The van der Waals surface area contributed by atoms with Gasteiger partial charge < -0.3 is 0 Å². The van der Waals surface area contributed by atoms with Crippen LogP contribution in [0, 0.1) is 0 Å². The summed E-state index contributed by atoms with van der Waals surface area (Å²) < 4.78 is 0. The SMILES string of the molecule is CCCCCCCCCCP(C)(C)=C=O. The Bertz CT molecular complexity index is 211. The molecule has 0 saturated carbocycles. The Kier molecular flexibility index (Phi) is 9.26. The number of rotatable bonds is 9. The Balaban J connectivity index is 3.22. The fourth-order valence-electron chi connectivity index (χ4n) is 1.69. The summed E-state index contributed by atoms with van der Waals surface area (Å²) in [4.78, 5) is 10.6. The summed E-state index contributed by atoms with van der Waals surface area (Å²) in [6, 6.07) is 0. The minimum Gasteiger partial charge on any atom is -0.234 e. The minimum absolute atomic E-state index is 1.10. The lowest BCUT2D eigenvalue weighted by Crippen LogP contribution is -1.88. The number of unbranched alkanes of at least 4 members (excludes halogenated alkanes) is 7.